The quantitative estimate of drug-likeness (QED) is 0.871. The van der Waals surface area contributed by atoms with Crippen LogP contribution in [0, 0.1) is 4.77 Å². The zero-order valence-electron chi connectivity index (χ0n) is 10.8. The lowest BCUT2D eigenvalue weighted by Gasteiger charge is -2.02. The number of aromatic nitrogens is 4. The summed E-state index contributed by atoms with van der Waals surface area (Å²) in [6.07, 6.45) is 5.16. The Hall–Kier alpha value is -1.01. The minimum atomic E-state index is 0.661. The molecule has 2 saturated carbocycles. The molecule has 19 heavy (non-hydrogen) atoms. The van der Waals surface area contributed by atoms with Crippen molar-refractivity contribution in [2.24, 2.45) is 0 Å². The second kappa shape index (κ2) is 4.24. The molecule has 2 heterocycles. The first-order valence-corrected chi connectivity index (χ1v) is 8.16. The van der Waals surface area contributed by atoms with Gasteiger partial charge in [0.2, 0.25) is 0 Å². The Morgan fingerprint density at radius 1 is 1.32 bits per heavy atom. The monoisotopic (exact) mass is 292 g/mol. The molecule has 0 aliphatic heterocycles. The highest BCUT2D eigenvalue weighted by Gasteiger charge is 2.35. The van der Waals surface area contributed by atoms with Gasteiger partial charge in [-0.25, -0.2) is 4.98 Å². The lowest BCUT2D eigenvalue weighted by Crippen LogP contribution is -1.98. The number of rotatable bonds is 4. The summed E-state index contributed by atoms with van der Waals surface area (Å²) in [5.74, 6) is 2.36. The minimum absolute atomic E-state index is 0.661. The van der Waals surface area contributed by atoms with Gasteiger partial charge in [-0.15, -0.1) is 11.3 Å². The second-order valence-corrected chi connectivity index (χ2v) is 6.83. The topological polar surface area (TPSA) is 46.5 Å². The van der Waals surface area contributed by atoms with E-state index in [0.29, 0.717) is 16.6 Å². The van der Waals surface area contributed by atoms with Crippen molar-refractivity contribution in [3.63, 3.8) is 0 Å². The van der Waals surface area contributed by atoms with Crippen molar-refractivity contribution in [2.45, 2.75) is 51.0 Å². The molecule has 100 valence electrons. The lowest BCUT2D eigenvalue weighted by molar-refractivity contribution is 0.755. The Kier molecular flexibility index (Phi) is 2.63. The van der Waals surface area contributed by atoms with Crippen LogP contribution in [0.2, 0.25) is 0 Å². The molecule has 0 saturated heterocycles. The average Bonchev–Trinajstić information content (AvgIpc) is 3.33. The third kappa shape index (κ3) is 1.97. The SMILES string of the molecule is CCn1c(-c2sc(C3CC3)nc2C2CC2)n[nH]c1=S. The number of hydrogen-bond acceptors (Lipinski definition) is 4. The van der Waals surface area contributed by atoms with E-state index in [9.17, 15) is 0 Å². The molecule has 0 spiro atoms. The zero-order chi connectivity index (χ0) is 13.0. The van der Waals surface area contributed by atoms with Crippen LogP contribution in [0.3, 0.4) is 0 Å². The van der Waals surface area contributed by atoms with Crippen molar-refractivity contribution in [3.8, 4) is 10.7 Å². The Labute approximate surface area is 120 Å². The standard InChI is InChI=1S/C13H16N4S2/c1-2-17-11(15-16-13(17)18)10-9(7-3-4-7)14-12(19-10)8-5-6-8/h7-8H,2-6H2,1H3,(H,16,18). The van der Waals surface area contributed by atoms with E-state index in [-0.39, 0.29) is 0 Å². The van der Waals surface area contributed by atoms with Gasteiger partial charge in [-0.2, -0.15) is 5.10 Å². The molecule has 2 fully saturated rings. The highest BCUT2D eigenvalue weighted by atomic mass is 32.1. The molecule has 4 nitrogen and oxygen atoms in total. The molecule has 0 amide bonds. The van der Waals surface area contributed by atoms with Crippen LogP contribution in [-0.2, 0) is 6.54 Å². The lowest BCUT2D eigenvalue weighted by atomic mass is 10.2. The fourth-order valence-corrected chi connectivity index (χ4v) is 4.01. The first-order chi connectivity index (χ1) is 9.28. The highest BCUT2D eigenvalue weighted by molar-refractivity contribution is 7.71. The fraction of sp³-hybridized carbons (Fsp3) is 0.615. The fourth-order valence-electron chi connectivity index (χ4n) is 2.43. The van der Waals surface area contributed by atoms with Gasteiger partial charge in [-0.3, -0.25) is 9.67 Å². The third-order valence-corrected chi connectivity index (χ3v) is 5.38. The highest BCUT2D eigenvalue weighted by Crippen LogP contribution is 2.50. The van der Waals surface area contributed by atoms with Gasteiger partial charge in [0.1, 0.15) is 0 Å². The van der Waals surface area contributed by atoms with E-state index in [1.54, 1.807) is 0 Å². The van der Waals surface area contributed by atoms with Gasteiger partial charge in [0.05, 0.1) is 15.6 Å². The number of H-pyrrole nitrogens is 1. The molecule has 4 rings (SSSR count). The summed E-state index contributed by atoms with van der Waals surface area (Å²) in [5, 5.41) is 8.67. The third-order valence-electron chi connectivity index (χ3n) is 3.84. The molecule has 2 aromatic heterocycles. The summed E-state index contributed by atoms with van der Waals surface area (Å²) in [6, 6.07) is 0. The van der Waals surface area contributed by atoms with Crippen LogP contribution in [0.1, 0.15) is 55.1 Å². The van der Waals surface area contributed by atoms with Gasteiger partial charge in [-0.05, 0) is 44.8 Å². The van der Waals surface area contributed by atoms with Gasteiger partial charge >= 0.3 is 0 Å². The van der Waals surface area contributed by atoms with E-state index in [1.807, 2.05) is 11.3 Å². The molecule has 0 bridgehead atoms. The van der Waals surface area contributed by atoms with Crippen LogP contribution >= 0.6 is 23.6 Å². The van der Waals surface area contributed by atoms with Crippen molar-refractivity contribution in [1.29, 1.82) is 0 Å². The average molecular weight is 292 g/mol. The largest absolute Gasteiger partial charge is 0.300 e. The molecule has 2 aliphatic rings. The molecule has 0 radical (unpaired) electrons. The predicted octanol–water partition coefficient (Wildman–Crippen LogP) is 3.84. The Bertz CT molecular complexity index is 673. The van der Waals surface area contributed by atoms with Crippen molar-refractivity contribution in [1.82, 2.24) is 19.7 Å². The van der Waals surface area contributed by atoms with Crippen molar-refractivity contribution in [3.05, 3.63) is 15.5 Å². The number of nitrogens with one attached hydrogen (secondary N) is 1. The normalized spacial score (nSPS) is 19.0. The molecule has 2 aliphatic carbocycles. The Morgan fingerprint density at radius 2 is 2.05 bits per heavy atom. The van der Waals surface area contributed by atoms with Crippen LogP contribution in [0.15, 0.2) is 0 Å². The van der Waals surface area contributed by atoms with E-state index >= 15 is 0 Å². The van der Waals surface area contributed by atoms with E-state index in [2.05, 4.69) is 21.7 Å². The summed E-state index contributed by atoms with van der Waals surface area (Å²) >= 11 is 7.13. The Morgan fingerprint density at radius 3 is 2.68 bits per heavy atom. The van der Waals surface area contributed by atoms with Gasteiger partial charge in [0.15, 0.2) is 10.6 Å². The van der Waals surface area contributed by atoms with E-state index < -0.39 is 0 Å². The first-order valence-electron chi connectivity index (χ1n) is 6.94. The molecule has 6 heteroatoms. The summed E-state index contributed by atoms with van der Waals surface area (Å²) < 4.78 is 2.78. The van der Waals surface area contributed by atoms with Crippen LogP contribution < -0.4 is 0 Å². The number of thiazole rings is 1. The molecule has 0 atom stereocenters. The van der Waals surface area contributed by atoms with Crippen LogP contribution in [0.5, 0.6) is 0 Å². The molecule has 0 unspecified atom stereocenters. The molecule has 2 aromatic rings. The zero-order valence-corrected chi connectivity index (χ0v) is 12.5. The predicted molar refractivity (Wildman–Crippen MR) is 78.1 cm³/mol. The number of nitrogens with zero attached hydrogens (tertiary/aromatic N) is 3. The van der Waals surface area contributed by atoms with E-state index in [4.69, 9.17) is 17.2 Å². The molecular formula is C13H16N4S2. The second-order valence-electron chi connectivity index (χ2n) is 5.41. The van der Waals surface area contributed by atoms with Crippen LogP contribution in [0.25, 0.3) is 10.7 Å². The Balaban J connectivity index is 1.86. The van der Waals surface area contributed by atoms with Crippen molar-refractivity contribution in [2.75, 3.05) is 0 Å². The van der Waals surface area contributed by atoms with E-state index in [0.717, 1.165) is 12.4 Å². The maximum absolute atomic E-state index is 5.30. The first kappa shape index (κ1) is 11.8. The van der Waals surface area contributed by atoms with E-state index in [1.165, 1.54) is 41.3 Å². The van der Waals surface area contributed by atoms with Crippen LogP contribution in [0.4, 0.5) is 0 Å². The van der Waals surface area contributed by atoms with Crippen molar-refractivity contribution >= 4 is 23.6 Å². The maximum atomic E-state index is 5.30. The summed E-state index contributed by atoms with van der Waals surface area (Å²) in [7, 11) is 0. The smallest absolute Gasteiger partial charge is 0.195 e. The van der Waals surface area contributed by atoms with Gasteiger partial charge < -0.3 is 0 Å². The van der Waals surface area contributed by atoms with Crippen molar-refractivity contribution < 1.29 is 0 Å². The van der Waals surface area contributed by atoms with Gasteiger partial charge in [-0.1, -0.05) is 0 Å². The maximum Gasteiger partial charge on any atom is 0.195 e. The number of hydrogen-bond donors (Lipinski definition) is 1. The molecule has 0 aromatic carbocycles. The summed E-state index contributed by atoms with van der Waals surface area (Å²) in [6.45, 7) is 2.96. The summed E-state index contributed by atoms with van der Waals surface area (Å²) in [4.78, 5) is 6.16. The molecular weight excluding hydrogens is 276 g/mol. The van der Waals surface area contributed by atoms with Crippen LogP contribution in [-0.4, -0.2) is 19.7 Å². The molecule has 1 N–H and O–H groups in total. The number of aromatic amines is 1. The minimum Gasteiger partial charge on any atom is -0.300 e. The van der Waals surface area contributed by atoms with Gasteiger partial charge in [0, 0.05) is 18.4 Å². The summed E-state index contributed by atoms with van der Waals surface area (Å²) in [5.41, 5.74) is 1.27. The van der Waals surface area contributed by atoms with Gasteiger partial charge in [0.25, 0.3) is 0 Å².